The van der Waals surface area contributed by atoms with Gasteiger partial charge in [-0.3, -0.25) is 14.4 Å². The van der Waals surface area contributed by atoms with Crippen molar-refractivity contribution in [2.24, 2.45) is 0 Å². The third-order valence-electron chi connectivity index (χ3n) is 3.84. The van der Waals surface area contributed by atoms with Crippen LogP contribution in [0.4, 0.5) is 0 Å². The summed E-state index contributed by atoms with van der Waals surface area (Å²) < 4.78 is 9.91. The van der Waals surface area contributed by atoms with Crippen LogP contribution in [0.2, 0.25) is 0 Å². The van der Waals surface area contributed by atoms with E-state index in [9.17, 15) is 14.4 Å². The Morgan fingerprint density at radius 1 is 1.11 bits per heavy atom. The normalized spacial score (nSPS) is 11.4. The molecule has 0 aliphatic rings. The van der Waals surface area contributed by atoms with E-state index in [1.54, 1.807) is 6.07 Å². The van der Waals surface area contributed by atoms with Crippen molar-refractivity contribution in [2.45, 2.75) is 32.2 Å². The van der Waals surface area contributed by atoms with Crippen molar-refractivity contribution in [3.63, 3.8) is 0 Å². The molecule has 27 heavy (non-hydrogen) atoms. The van der Waals surface area contributed by atoms with Gasteiger partial charge in [0.15, 0.2) is 12.4 Å². The second kappa shape index (κ2) is 10.8. The fourth-order valence-corrected chi connectivity index (χ4v) is 2.52. The molecule has 0 spiro atoms. The van der Waals surface area contributed by atoms with E-state index in [4.69, 9.17) is 9.15 Å². The summed E-state index contributed by atoms with van der Waals surface area (Å²) in [5, 5.41) is 5.42. The molecule has 7 heteroatoms. The van der Waals surface area contributed by atoms with Gasteiger partial charge in [-0.15, -0.1) is 0 Å². The topological polar surface area (TPSA) is 97.6 Å². The average Bonchev–Trinajstić information content (AvgIpc) is 3.21. The van der Waals surface area contributed by atoms with Crippen LogP contribution in [0.1, 0.15) is 48.3 Å². The number of ether oxygens (including phenoxy) is 1. The number of esters is 1. The van der Waals surface area contributed by atoms with Gasteiger partial charge < -0.3 is 19.8 Å². The van der Waals surface area contributed by atoms with E-state index in [0.29, 0.717) is 0 Å². The Labute approximate surface area is 158 Å². The number of rotatable bonds is 10. The molecule has 7 nitrogen and oxygen atoms in total. The van der Waals surface area contributed by atoms with Crippen LogP contribution in [0, 0.1) is 0 Å². The summed E-state index contributed by atoms with van der Waals surface area (Å²) in [7, 11) is 0. The summed E-state index contributed by atoms with van der Waals surface area (Å²) in [5.41, 5.74) is 1.01. The van der Waals surface area contributed by atoms with Gasteiger partial charge in [-0.2, -0.15) is 0 Å². The van der Waals surface area contributed by atoms with Gasteiger partial charge in [0.05, 0.1) is 18.7 Å². The number of hydrogen-bond donors (Lipinski definition) is 2. The number of amides is 2. The van der Waals surface area contributed by atoms with Crippen molar-refractivity contribution in [1.82, 2.24) is 10.6 Å². The molecular formula is C20H24N2O5. The molecule has 1 aromatic carbocycles. The fourth-order valence-electron chi connectivity index (χ4n) is 2.52. The van der Waals surface area contributed by atoms with Gasteiger partial charge in [0, 0.05) is 6.54 Å². The molecule has 0 saturated heterocycles. The molecule has 1 heterocycles. The molecule has 1 aromatic heterocycles. The summed E-state index contributed by atoms with van der Waals surface area (Å²) in [6.45, 7) is 1.79. The zero-order chi connectivity index (χ0) is 19.5. The lowest BCUT2D eigenvalue weighted by Crippen LogP contribution is -2.33. The van der Waals surface area contributed by atoms with Gasteiger partial charge in [-0.05, 0) is 24.1 Å². The van der Waals surface area contributed by atoms with E-state index in [1.807, 2.05) is 37.3 Å². The first-order valence-electron chi connectivity index (χ1n) is 8.91. The summed E-state index contributed by atoms with van der Waals surface area (Å²) in [6.07, 6.45) is 3.07. The number of carbonyl (C=O) groups is 3. The van der Waals surface area contributed by atoms with Gasteiger partial charge in [-0.1, -0.05) is 43.7 Å². The summed E-state index contributed by atoms with van der Waals surface area (Å²) in [4.78, 5) is 35.4. The molecule has 0 fully saturated rings. The molecule has 2 aromatic rings. The molecule has 0 unspecified atom stereocenters. The highest BCUT2D eigenvalue weighted by Crippen LogP contribution is 2.17. The maximum atomic E-state index is 12.1. The van der Waals surface area contributed by atoms with Crippen molar-refractivity contribution < 1.29 is 23.5 Å². The summed E-state index contributed by atoms with van der Waals surface area (Å²) >= 11 is 0. The maximum absolute atomic E-state index is 12.1. The Morgan fingerprint density at radius 3 is 2.56 bits per heavy atom. The maximum Gasteiger partial charge on any atom is 0.308 e. The zero-order valence-corrected chi connectivity index (χ0v) is 15.3. The highest BCUT2D eigenvalue weighted by Gasteiger charge is 2.15. The van der Waals surface area contributed by atoms with E-state index >= 15 is 0 Å². The minimum absolute atomic E-state index is 0.0309. The van der Waals surface area contributed by atoms with Crippen LogP contribution in [-0.2, 0) is 14.3 Å². The van der Waals surface area contributed by atoms with Crippen molar-refractivity contribution in [3.8, 4) is 0 Å². The van der Waals surface area contributed by atoms with Crippen LogP contribution in [-0.4, -0.2) is 30.9 Å². The first-order valence-corrected chi connectivity index (χ1v) is 8.91. The van der Waals surface area contributed by atoms with Gasteiger partial charge in [0.25, 0.3) is 11.8 Å². The van der Waals surface area contributed by atoms with Crippen molar-refractivity contribution in [1.29, 1.82) is 0 Å². The lowest BCUT2D eigenvalue weighted by Gasteiger charge is -2.18. The van der Waals surface area contributed by atoms with Crippen LogP contribution in [0.25, 0.3) is 0 Å². The molecule has 0 aliphatic carbocycles. The minimum Gasteiger partial charge on any atom is -0.459 e. The number of carbonyl (C=O) groups excluding carboxylic acids is 3. The molecule has 2 rings (SSSR count). The SMILES string of the molecule is CCC[C@H](NC(=O)COC(=O)CCNC(=O)c1ccco1)c1ccccc1. The molecule has 0 radical (unpaired) electrons. The molecular weight excluding hydrogens is 348 g/mol. The summed E-state index contributed by atoms with van der Waals surface area (Å²) in [5.74, 6) is -1.15. The van der Waals surface area contributed by atoms with Crippen LogP contribution in [0.15, 0.2) is 53.1 Å². The van der Waals surface area contributed by atoms with Crippen molar-refractivity contribution in [3.05, 3.63) is 60.1 Å². The second-order valence-electron chi connectivity index (χ2n) is 5.96. The van der Waals surface area contributed by atoms with Gasteiger partial charge in [0.2, 0.25) is 0 Å². The average molecular weight is 372 g/mol. The third kappa shape index (κ3) is 6.97. The Hall–Kier alpha value is -3.09. The van der Waals surface area contributed by atoms with E-state index in [1.165, 1.54) is 12.3 Å². The minimum atomic E-state index is -0.559. The molecule has 0 saturated carbocycles. The number of nitrogens with one attached hydrogen (secondary N) is 2. The van der Waals surface area contributed by atoms with E-state index in [-0.39, 0.29) is 37.3 Å². The lowest BCUT2D eigenvalue weighted by atomic mass is 10.0. The highest BCUT2D eigenvalue weighted by molar-refractivity contribution is 5.91. The highest BCUT2D eigenvalue weighted by atomic mass is 16.5. The van der Waals surface area contributed by atoms with Crippen LogP contribution >= 0.6 is 0 Å². The molecule has 144 valence electrons. The van der Waals surface area contributed by atoms with E-state index in [0.717, 1.165) is 18.4 Å². The van der Waals surface area contributed by atoms with Crippen molar-refractivity contribution >= 4 is 17.8 Å². The Bertz CT molecular complexity index is 728. The summed E-state index contributed by atoms with van der Waals surface area (Å²) in [6, 6.07) is 12.7. The number of furan rings is 1. The van der Waals surface area contributed by atoms with Crippen LogP contribution in [0.3, 0.4) is 0 Å². The van der Waals surface area contributed by atoms with Crippen LogP contribution < -0.4 is 10.6 Å². The predicted octanol–water partition coefficient (Wildman–Crippen LogP) is 2.60. The van der Waals surface area contributed by atoms with E-state index < -0.39 is 11.9 Å². The quantitative estimate of drug-likeness (QED) is 0.625. The molecule has 0 aliphatic heterocycles. The lowest BCUT2D eigenvalue weighted by molar-refractivity contribution is -0.148. The Kier molecular flexibility index (Phi) is 8.09. The molecule has 1 atom stereocenters. The van der Waals surface area contributed by atoms with Crippen molar-refractivity contribution in [2.75, 3.05) is 13.2 Å². The fraction of sp³-hybridized carbons (Fsp3) is 0.350. The molecule has 2 amide bonds. The predicted molar refractivity (Wildman–Crippen MR) is 98.9 cm³/mol. The zero-order valence-electron chi connectivity index (χ0n) is 15.3. The van der Waals surface area contributed by atoms with E-state index in [2.05, 4.69) is 10.6 Å². The van der Waals surface area contributed by atoms with Gasteiger partial charge >= 0.3 is 5.97 Å². The number of benzene rings is 1. The van der Waals surface area contributed by atoms with Gasteiger partial charge in [0.1, 0.15) is 0 Å². The standard InChI is InChI=1S/C20H24N2O5/c1-2-7-16(15-8-4-3-5-9-15)22-18(23)14-27-19(24)11-12-21-20(25)17-10-6-13-26-17/h3-6,8-10,13,16H,2,7,11-12,14H2,1H3,(H,21,25)(H,22,23)/t16-/m0/s1. The Balaban J connectivity index is 1.69. The number of hydrogen-bond acceptors (Lipinski definition) is 5. The monoisotopic (exact) mass is 372 g/mol. The third-order valence-corrected chi connectivity index (χ3v) is 3.84. The van der Waals surface area contributed by atoms with Gasteiger partial charge in [-0.25, -0.2) is 0 Å². The van der Waals surface area contributed by atoms with Crippen LogP contribution in [0.5, 0.6) is 0 Å². The molecule has 2 N–H and O–H groups in total. The first kappa shape index (κ1) is 20.2. The Morgan fingerprint density at radius 2 is 1.89 bits per heavy atom. The molecule has 0 bridgehead atoms. The second-order valence-corrected chi connectivity index (χ2v) is 5.96. The smallest absolute Gasteiger partial charge is 0.308 e. The largest absolute Gasteiger partial charge is 0.459 e. The first-order chi connectivity index (χ1) is 13.1.